The standard InChI is InChI=1S/C19H19N3O4/c1-12-8-9-14(11-17(12)21-10-4-7-18(21)23)20-19(24)15-5-3-6-16(13(15)2)22(25)26/h3,5-6,8-9,11H,4,7,10H2,1-2H3,(H,20,24). The summed E-state index contributed by atoms with van der Waals surface area (Å²) in [5, 5.41) is 13.8. The highest BCUT2D eigenvalue weighted by Gasteiger charge is 2.24. The third-order valence-electron chi connectivity index (χ3n) is 4.58. The molecule has 7 heteroatoms. The van der Waals surface area contributed by atoms with Crippen molar-refractivity contribution in [3.8, 4) is 0 Å². The highest BCUT2D eigenvalue weighted by molar-refractivity contribution is 6.06. The number of carbonyl (C=O) groups is 2. The molecule has 1 aliphatic rings. The highest BCUT2D eigenvalue weighted by atomic mass is 16.6. The van der Waals surface area contributed by atoms with Gasteiger partial charge in [0, 0.05) is 41.5 Å². The van der Waals surface area contributed by atoms with E-state index in [-0.39, 0.29) is 17.2 Å². The van der Waals surface area contributed by atoms with Crippen LogP contribution < -0.4 is 10.2 Å². The maximum absolute atomic E-state index is 12.6. The quantitative estimate of drug-likeness (QED) is 0.671. The molecule has 0 saturated carbocycles. The van der Waals surface area contributed by atoms with Crippen LogP contribution in [-0.4, -0.2) is 23.3 Å². The van der Waals surface area contributed by atoms with Crippen LogP contribution in [0.15, 0.2) is 36.4 Å². The number of nitrogens with one attached hydrogen (secondary N) is 1. The molecule has 2 amide bonds. The zero-order valence-corrected chi connectivity index (χ0v) is 14.6. The number of nitro benzene ring substituents is 1. The fourth-order valence-corrected chi connectivity index (χ4v) is 3.15. The Hall–Kier alpha value is -3.22. The molecule has 134 valence electrons. The zero-order chi connectivity index (χ0) is 18.8. The molecule has 1 aliphatic heterocycles. The summed E-state index contributed by atoms with van der Waals surface area (Å²) >= 11 is 0. The lowest BCUT2D eigenvalue weighted by molar-refractivity contribution is -0.385. The monoisotopic (exact) mass is 353 g/mol. The molecule has 1 N–H and O–H groups in total. The van der Waals surface area contributed by atoms with Crippen LogP contribution in [-0.2, 0) is 4.79 Å². The van der Waals surface area contributed by atoms with Gasteiger partial charge in [0.1, 0.15) is 0 Å². The van der Waals surface area contributed by atoms with E-state index in [1.807, 2.05) is 13.0 Å². The number of benzene rings is 2. The average Bonchev–Trinajstić information content (AvgIpc) is 3.02. The first-order chi connectivity index (χ1) is 12.4. The topological polar surface area (TPSA) is 92.5 Å². The number of amides is 2. The summed E-state index contributed by atoms with van der Waals surface area (Å²) < 4.78 is 0. The summed E-state index contributed by atoms with van der Waals surface area (Å²) in [5.41, 5.74) is 2.74. The molecule has 1 fully saturated rings. The zero-order valence-electron chi connectivity index (χ0n) is 14.6. The van der Waals surface area contributed by atoms with Crippen molar-refractivity contribution in [1.82, 2.24) is 0 Å². The number of nitrogens with zero attached hydrogens (tertiary/aromatic N) is 2. The van der Waals surface area contributed by atoms with Crippen molar-refractivity contribution in [2.75, 3.05) is 16.8 Å². The first-order valence-electron chi connectivity index (χ1n) is 8.35. The number of hydrogen-bond acceptors (Lipinski definition) is 4. The van der Waals surface area contributed by atoms with Crippen LogP contribution in [0.5, 0.6) is 0 Å². The maximum atomic E-state index is 12.6. The van der Waals surface area contributed by atoms with E-state index in [0.29, 0.717) is 24.2 Å². The molecule has 26 heavy (non-hydrogen) atoms. The van der Waals surface area contributed by atoms with E-state index in [1.54, 1.807) is 30.0 Å². The van der Waals surface area contributed by atoms with Gasteiger partial charge in [-0.3, -0.25) is 19.7 Å². The molecule has 0 aromatic heterocycles. The fraction of sp³-hybridized carbons (Fsp3) is 0.263. The molecule has 0 unspecified atom stereocenters. The first kappa shape index (κ1) is 17.6. The van der Waals surface area contributed by atoms with Crippen LogP contribution >= 0.6 is 0 Å². The Morgan fingerprint density at radius 1 is 1.23 bits per heavy atom. The van der Waals surface area contributed by atoms with Gasteiger partial charge in [0.05, 0.1) is 4.92 Å². The Morgan fingerprint density at radius 3 is 2.65 bits per heavy atom. The van der Waals surface area contributed by atoms with Crippen molar-refractivity contribution in [3.05, 3.63) is 63.2 Å². The second-order valence-electron chi connectivity index (χ2n) is 6.31. The van der Waals surface area contributed by atoms with Gasteiger partial charge in [0.25, 0.3) is 11.6 Å². The van der Waals surface area contributed by atoms with Crippen LogP contribution in [0.1, 0.15) is 34.3 Å². The average molecular weight is 353 g/mol. The fourth-order valence-electron chi connectivity index (χ4n) is 3.15. The van der Waals surface area contributed by atoms with E-state index in [2.05, 4.69) is 5.32 Å². The van der Waals surface area contributed by atoms with E-state index in [4.69, 9.17) is 0 Å². The molecule has 0 radical (unpaired) electrons. The SMILES string of the molecule is Cc1ccc(NC(=O)c2cccc([N+](=O)[O-])c2C)cc1N1CCCC1=O. The third-order valence-corrected chi connectivity index (χ3v) is 4.58. The molecular formula is C19H19N3O4. The van der Waals surface area contributed by atoms with Crippen LogP contribution in [0.4, 0.5) is 17.1 Å². The van der Waals surface area contributed by atoms with E-state index >= 15 is 0 Å². The van der Waals surface area contributed by atoms with E-state index in [9.17, 15) is 19.7 Å². The molecule has 7 nitrogen and oxygen atoms in total. The number of hydrogen-bond donors (Lipinski definition) is 1. The third kappa shape index (κ3) is 3.28. The summed E-state index contributed by atoms with van der Waals surface area (Å²) in [6, 6.07) is 9.78. The van der Waals surface area contributed by atoms with Crippen molar-refractivity contribution in [2.45, 2.75) is 26.7 Å². The minimum atomic E-state index is -0.505. The number of nitro groups is 1. The van der Waals surface area contributed by atoms with Gasteiger partial charge in [-0.25, -0.2) is 0 Å². The minimum Gasteiger partial charge on any atom is -0.322 e. The summed E-state index contributed by atoms with van der Waals surface area (Å²) in [6.45, 7) is 4.13. The number of carbonyl (C=O) groups excluding carboxylic acids is 2. The molecule has 0 spiro atoms. The number of aryl methyl sites for hydroxylation is 1. The lowest BCUT2D eigenvalue weighted by Gasteiger charge is -2.19. The molecule has 2 aromatic rings. The Labute approximate surface area is 150 Å². The molecular weight excluding hydrogens is 334 g/mol. The molecule has 3 rings (SSSR count). The van der Waals surface area contributed by atoms with Gasteiger partial charge in [-0.15, -0.1) is 0 Å². The van der Waals surface area contributed by atoms with Gasteiger partial charge in [-0.1, -0.05) is 12.1 Å². The van der Waals surface area contributed by atoms with Gasteiger partial charge < -0.3 is 10.2 Å². The van der Waals surface area contributed by atoms with Gasteiger partial charge in [-0.2, -0.15) is 0 Å². The molecule has 2 aromatic carbocycles. The summed E-state index contributed by atoms with van der Waals surface area (Å²) in [7, 11) is 0. The summed E-state index contributed by atoms with van der Waals surface area (Å²) in [4.78, 5) is 36.9. The minimum absolute atomic E-state index is 0.0751. The molecule has 0 bridgehead atoms. The second kappa shape index (κ2) is 6.95. The van der Waals surface area contributed by atoms with Crippen molar-refractivity contribution < 1.29 is 14.5 Å². The normalized spacial score (nSPS) is 13.8. The van der Waals surface area contributed by atoms with Crippen LogP contribution in [0.25, 0.3) is 0 Å². The predicted octanol–water partition coefficient (Wildman–Crippen LogP) is 3.59. The van der Waals surface area contributed by atoms with E-state index in [1.165, 1.54) is 12.1 Å². The predicted molar refractivity (Wildman–Crippen MR) is 98.6 cm³/mol. The van der Waals surface area contributed by atoms with Crippen LogP contribution in [0.2, 0.25) is 0 Å². The Balaban J connectivity index is 1.88. The summed E-state index contributed by atoms with van der Waals surface area (Å²) in [5.74, 6) is -0.347. The van der Waals surface area contributed by atoms with Crippen molar-refractivity contribution in [3.63, 3.8) is 0 Å². The first-order valence-corrected chi connectivity index (χ1v) is 8.35. The molecule has 0 atom stereocenters. The molecule has 1 saturated heterocycles. The van der Waals surface area contributed by atoms with Gasteiger partial charge >= 0.3 is 0 Å². The largest absolute Gasteiger partial charge is 0.322 e. The smallest absolute Gasteiger partial charge is 0.273 e. The van der Waals surface area contributed by atoms with Gasteiger partial charge in [0.2, 0.25) is 5.91 Å². The maximum Gasteiger partial charge on any atom is 0.273 e. The van der Waals surface area contributed by atoms with Crippen molar-refractivity contribution in [1.29, 1.82) is 0 Å². The van der Waals surface area contributed by atoms with Gasteiger partial charge in [-0.05, 0) is 44.0 Å². The lowest BCUT2D eigenvalue weighted by atomic mass is 10.1. The van der Waals surface area contributed by atoms with Gasteiger partial charge in [0.15, 0.2) is 0 Å². The van der Waals surface area contributed by atoms with E-state index in [0.717, 1.165) is 17.7 Å². The highest BCUT2D eigenvalue weighted by Crippen LogP contribution is 2.29. The summed E-state index contributed by atoms with van der Waals surface area (Å²) in [6.07, 6.45) is 1.35. The Bertz CT molecular complexity index is 908. The van der Waals surface area contributed by atoms with E-state index < -0.39 is 10.8 Å². The molecule has 0 aliphatic carbocycles. The Kier molecular flexibility index (Phi) is 4.71. The Morgan fingerprint density at radius 2 is 2.00 bits per heavy atom. The second-order valence-corrected chi connectivity index (χ2v) is 6.31. The number of anilines is 2. The van der Waals surface area contributed by atoms with Crippen molar-refractivity contribution in [2.24, 2.45) is 0 Å². The number of rotatable bonds is 4. The van der Waals surface area contributed by atoms with Crippen molar-refractivity contribution >= 4 is 28.9 Å². The van der Waals surface area contributed by atoms with Crippen LogP contribution in [0.3, 0.4) is 0 Å². The van der Waals surface area contributed by atoms with Crippen LogP contribution in [0, 0.1) is 24.0 Å². The molecule has 1 heterocycles. The lowest BCUT2D eigenvalue weighted by Crippen LogP contribution is -2.24.